The molecule has 0 bridgehead atoms. The van der Waals surface area contributed by atoms with Gasteiger partial charge < -0.3 is 44.1 Å². The van der Waals surface area contributed by atoms with Gasteiger partial charge in [-0.25, -0.2) is 4.79 Å². The van der Waals surface area contributed by atoms with E-state index in [-0.39, 0.29) is 24.8 Å². The smallest absolute Gasteiger partial charge is 0.334 e. The van der Waals surface area contributed by atoms with Crippen LogP contribution in [0.15, 0.2) is 59.7 Å². The van der Waals surface area contributed by atoms with E-state index in [1.807, 2.05) is 13.0 Å². The van der Waals surface area contributed by atoms with Crippen molar-refractivity contribution in [3.05, 3.63) is 65.3 Å². The molecule has 1 aliphatic carbocycles. The molecule has 2 heterocycles. The Morgan fingerprint density at radius 2 is 1.76 bits per heavy atom. The molecule has 2 fully saturated rings. The zero-order valence-corrected chi connectivity index (χ0v) is 23.3. The van der Waals surface area contributed by atoms with Gasteiger partial charge >= 0.3 is 11.9 Å². The zero-order valence-electron chi connectivity index (χ0n) is 23.3. The lowest BCUT2D eigenvalue weighted by molar-refractivity contribution is -0.308. The minimum Gasteiger partial charge on any atom is -0.497 e. The third-order valence-corrected chi connectivity index (χ3v) is 7.84. The summed E-state index contributed by atoms with van der Waals surface area (Å²) in [7, 11) is 1.56. The predicted molar refractivity (Wildman–Crippen MR) is 144 cm³/mol. The number of benzene rings is 1. The van der Waals surface area contributed by atoms with Gasteiger partial charge in [0.2, 0.25) is 0 Å². The van der Waals surface area contributed by atoms with Crippen LogP contribution in [-0.2, 0) is 35.0 Å². The molecule has 0 radical (unpaired) electrons. The second-order valence-electron chi connectivity index (χ2n) is 10.7. The Kier molecular flexibility index (Phi) is 10.0. The molecule has 11 heteroatoms. The first-order valence-corrected chi connectivity index (χ1v) is 13.6. The lowest BCUT2D eigenvalue weighted by Gasteiger charge is -2.41. The van der Waals surface area contributed by atoms with Crippen LogP contribution in [0.3, 0.4) is 0 Å². The molecular formula is C30H38O11. The fourth-order valence-electron chi connectivity index (χ4n) is 5.21. The summed E-state index contributed by atoms with van der Waals surface area (Å²) in [6.07, 6.45) is -5.08. The lowest BCUT2D eigenvalue weighted by Crippen LogP contribution is -2.59. The largest absolute Gasteiger partial charge is 0.497 e. The molecule has 0 aromatic heterocycles. The topological polar surface area (TPSA) is 161 Å². The second-order valence-corrected chi connectivity index (χ2v) is 10.7. The Morgan fingerprint density at radius 3 is 2.41 bits per heavy atom. The summed E-state index contributed by atoms with van der Waals surface area (Å²) in [5, 5.41) is 40.4. The van der Waals surface area contributed by atoms with Gasteiger partial charge in [0.1, 0.15) is 42.4 Å². The monoisotopic (exact) mass is 574 g/mol. The van der Waals surface area contributed by atoms with Crippen LogP contribution >= 0.6 is 0 Å². The SMILES string of the molecule is C=C1C(=O)OC2/C=C(\C)C(O[C@@H]3O[C@H](CO)[C@@H](O)[C@H](O)[C@H]3O)C/C=C(\C)C(OC(=O)Cc3ccc(OC)cc3)CC12. The number of aliphatic hydroxyl groups excluding tert-OH is 4. The third-order valence-electron chi connectivity index (χ3n) is 7.84. The first kappa shape index (κ1) is 30.9. The van der Waals surface area contributed by atoms with Gasteiger partial charge in [0.25, 0.3) is 0 Å². The van der Waals surface area contributed by atoms with Crippen molar-refractivity contribution >= 4 is 11.9 Å². The predicted octanol–water partition coefficient (Wildman–Crippen LogP) is 1.12. The van der Waals surface area contributed by atoms with Crippen LogP contribution in [0, 0.1) is 5.92 Å². The van der Waals surface area contributed by atoms with Gasteiger partial charge in [0.05, 0.1) is 26.2 Å². The molecule has 41 heavy (non-hydrogen) atoms. The molecule has 4 unspecified atom stereocenters. The highest BCUT2D eigenvalue weighted by molar-refractivity contribution is 5.91. The third kappa shape index (κ3) is 7.06. The van der Waals surface area contributed by atoms with Crippen LogP contribution in [0.1, 0.15) is 32.3 Å². The molecule has 2 saturated heterocycles. The number of carbonyl (C=O) groups excluding carboxylic acids is 2. The van der Waals surface area contributed by atoms with Gasteiger partial charge in [0, 0.05) is 11.5 Å². The van der Waals surface area contributed by atoms with Crippen molar-refractivity contribution in [3.63, 3.8) is 0 Å². The van der Waals surface area contributed by atoms with Crippen LogP contribution in [-0.4, -0.2) is 95.1 Å². The zero-order chi connectivity index (χ0) is 29.8. The number of aliphatic hydroxyl groups is 4. The number of esters is 2. The molecule has 1 aromatic carbocycles. The van der Waals surface area contributed by atoms with Crippen LogP contribution < -0.4 is 4.74 Å². The highest BCUT2D eigenvalue weighted by Gasteiger charge is 2.45. The first-order chi connectivity index (χ1) is 19.5. The van der Waals surface area contributed by atoms with E-state index < -0.39 is 73.5 Å². The van der Waals surface area contributed by atoms with Crippen molar-refractivity contribution in [3.8, 4) is 5.75 Å². The molecule has 0 spiro atoms. The van der Waals surface area contributed by atoms with Crippen molar-refractivity contribution in [2.45, 2.75) is 82.1 Å². The van der Waals surface area contributed by atoms with E-state index in [0.29, 0.717) is 11.3 Å². The van der Waals surface area contributed by atoms with E-state index in [1.54, 1.807) is 44.4 Å². The summed E-state index contributed by atoms with van der Waals surface area (Å²) in [6, 6.07) is 7.09. The molecule has 4 rings (SSSR count). The highest BCUT2D eigenvalue weighted by Crippen LogP contribution is 2.36. The number of fused-ring (bicyclic) bond motifs is 1. The summed E-state index contributed by atoms with van der Waals surface area (Å²) in [5.41, 5.74) is 2.41. The molecule has 0 amide bonds. The van der Waals surface area contributed by atoms with Gasteiger partial charge in [0.15, 0.2) is 6.29 Å². The lowest BCUT2D eigenvalue weighted by atomic mass is 9.86. The number of hydrogen-bond donors (Lipinski definition) is 4. The van der Waals surface area contributed by atoms with Crippen molar-refractivity contribution in [2.75, 3.05) is 13.7 Å². The maximum Gasteiger partial charge on any atom is 0.334 e. The number of rotatable bonds is 7. The Labute approximate surface area is 238 Å². The number of carbonyl (C=O) groups is 2. The molecule has 4 N–H and O–H groups in total. The number of hydrogen-bond acceptors (Lipinski definition) is 11. The summed E-state index contributed by atoms with van der Waals surface area (Å²) in [6.45, 7) is 6.91. The molecule has 1 aromatic rings. The Morgan fingerprint density at radius 1 is 1.05 bits per heavy atom. The summed E-state index contributed by atoms with van der Waals surface area (Å²) >= 11 is 0. The van der Waals surface area contributed by atoms with E-state index in [0.717, 1.165) is 11.1 Å². The normalized spacial score (nSPS) is 36.7. The van der Waals surface area contributed by atoms with Crippen molar-refractivity contribution in [1.29, 1.82) is 0 Å². The Bertz CT molecular complexity index is 1170. The summed E-state index contributed by atoms with van der Waals surface area (Å²) in [5.74, 6) is -0.782. The Balaban J connectivity index is 1.56. The molecule has 2 aliphatic heterocycles. The Hall–Kier alpha value is -3.06. The van der Waals surface area contributed by atoms with Gasteiger partial charge in [-0.1, -0.05) is 24.8 Å². The minimum absolute atomic E-state index is 0.0418. The van der Waals surface area contributed by atoms with Crippen molar-refractivity contribution < 1.29 is 53.7 Å². The van der Waals surface area contributed by atoms with E-state index in [2.05, 4.69) is 6.58 Å². The quantitative estimate of drug-likeness (QED) is 0.210. The van der Waals surface area contributed by atoms with Gasteiger partial charge in [-0.3, -0.25) is 4.79 Å². The molecule has 11 nitrogen and oxygen atoms in total. The van der Waals surface area contributed by atoms with E-state index in [4.69, 9.17) is 23.7 Å². The highest BCUT2D eigenvalue weighted by atomic mass is 16.7. The molecular weight excluding hydrogens is 536 g/mol. The van der Waals surface area contributed by atoms with Crippen LogP contribution in [0.25, 0.3) is 0 Å². The fourth-order valence-corrected chi connectivity index (χ4v) is 5.21. The van der Waals surface area contributed by atoms with E-state index >= 15 is 0 Å². The maximum atomic E-state index is 13.0. The van der Waals surface area contributed by atoms with Crippen molar-refractivity contribution in [2.24, 2.45) is 5.92 Å². The van der Waals surface area contributed by atoms with Gasteiger partial charge in [-0.05, 0) is 61.6 Å². The van der Waals surface area contributed by atoms with Crippen LogP contribution in [0.5, 0.6) is 5.75 Å². The molecule has 9 atom stereocenters. The maximum absolute atomic E-state index is 13.0. The second kappa shape index (κ2) is 13.3. The van der Waals surface area contributed by atoms with Gasteiger partial charge in [-0.2, -0.15) is 0 Å². The molecule has 3 aliphatic rings. The molecule has 224 valence electrons. The van der Waals surface area contributed by atoms with E-state index in [9.17, 15) is 30.0 Å². The van der Waals surface area contributed by atoms with Gasteiger partial charge in [-0.15, -0.1) is 0 Å². The van der Waals surface area contributed by atoms with Crippen LogP contribution in [0.4, 0.5) is 0 Å². The summed E-state index contributed by atoms with van der Waals surface area (Å²) in [4.78, 5) is 25.4. The van der Waals surface area contributed by atoms with Crippen LogP contribution in [0.2, 0.25) is 0 Å². The van der Waals surface area contributed by atoms with E-state index in [1.165, 1.54) is 0 Å². The average molecular weight is 575 g/mol. The average Bonchev–Trinajstić information content (AvgIpc) is 3.21. The van der Waals surface area contributed by atoms with Crippen molar-refractivity contribution in [1.82, 2.24) is 0 Å². The minimum atomic E-state index is -1.59. The number of ether oxygens (including phenoxy) is 5. The first-order valence-electron chi connectivity index (χ1n) is 13.6. The molecule has 0 saturated carbocycles. The summed E-state index contributed by atoms with van der Waals surface area (Å²) < 4.78 is 28.3. The number of methoxy groups -OCH3 is 1. The fraction of sp³-hybridized carbons (Fsp3) is 0.533. The standard InChI is InChI=1S/C30H38O11/c1-15-5-10-21(40-30-28(35)27(34)26(33)24(14-31)41-30)16(2)11-23-20(17(3)29(36)39-23)13-22(15)38-25(32)12-18-6-8-19(37-4)9-7-18/h5-9,11,20-24,26-28,30-31,33-35H,3,10,12-14H2,1-2,4H3/b15-5+,16-11+/t20?,21?,22?,23?,24-,26-,27+,28-,30-/m1/s1.